The van der Waals surface area contributed by atoms with Gasteiger partial charge >= 0.3 is 10.4 Å². The molecule has 0 radical (unpaired) electrons. The zero-order chi connectivity index (χ0) is 28.7. The van der Waals surface area contributed by atoms with E-state index in [4.69, 9.17) is 4.18 Å². The van der Waals surface area contributed by atoms with Gasteiger partial charge in [0.25, 0.3) is 0 Å². The number of hydrogen-bond acceptors (Lipinski definition) is 3. The Morgan fingerprint density at radius 1 is 0.410 bits per heavy atom. The lowest BCUT2D eigenvalue weighted by Gasteiger charge is -2.15. The fraction of sp³-hybridized carbons (Fsp3) is 1.00. The molecule has 236 valence electrons. The van der Waals surface area contributed by atoms with Crippen LogP contribution in [-0.4, -0.2) is 19.1 Å². The average molecular weight is 575 g/mol. The topological polar surface area (TPSA) is 63.6 Å². The molecule has 1 unspecified atom stereocenters. The van der Waals surface area contributed by atoms with Gasteiger partial charge in [-0.3, -0.25) is 4.55 Å². The van der Waals surface area contributed by atoms with E-state index in [0.717, 1.165) is 38.5 Å². The molecule has 0 saturated carbocycles. The standard InChI is InChI=1S/C34H70O4S/c1-3-5-7-9-11-13-15-17-19-21-23-25-27-29-31-33-34(38-39(35,36)37)32-30-28-26-24-22-20-18-16-14-12-10-8-6-4-2/h34H,3-33H2,1-2H3,(H,35,36,37). The van der Waals surface area contributed by atoms with E-state index in [9.17, 15) is 13.0 Å². The van der Waals surface area contributed by atoms with Crippen LogP contribution < -0.4 is 0 Å². The molecule has 1 N–H and O–H groups in total. The van der Waals surface area contributed by atoms with Crippen LogP contribution >= 0.6 is 0 Å². The molecule has 0 aromatic heterocycles. The summed E-state index contributed by atoms with van der Waals surface area (Å²) in [6.45, 7) is 4.55. The summed E-state index contributed by atoms with van der Waals surface area (Å²) in [6, 6.07) is 0. The van der Waals surface area contributed by atoms with Gasteiger partial charge in [0.15, 0.2) is 0 Å². The largest absolute Gasteiger partial charge is 0.397 e. The summed E-state index contributed by atoms with van der Waals surface area (Å²) in [5.74, 6) is 0. The summed E-state index contributed by atoms with van der Waals surface area (Å²) in [6.07, 6.45) is 39.3. The highest BCUT2D eigenvalue weighted by atomic mass is 32.3. The second-order valence-electron chi connectivity index (χ2n) is 12.3. The minimum atomic E-state index is -4.36. The van der Waals surface area contributed by atoms with Crippen LogP contribution in [0.5, 0.6) is 0 Å². The highest BCUT2D eigenvalue weighted by molar-refractivity contribution is 7.80. The number of rotatable bonds is 33. The molecule has 0 heterocycles. The van der Waals surface area contributed by atoms with Crippen LogP contribution in [0.3, 0.4) is 0 Å². The van der Waals surface area contributed by atoms with E-state index in [-0.39, 0.29) is 6.10 Å². The van der Waals surface area contributed by atoms with Gasteiger partial charge < -0.3 is 0 Å². The maximum Gasteiger partial charge on any atom is 0.397 e. The first-order valence-corrected chi connectivity index (χ1v) is 19.0. The van der Waals surface area contributed by atoms with E-state index in [0.29, 0.717) is 0 Å². The van der Waals surface area contributed by atoms with E-state index in [2.05, 4.69) is 13.8 Å². The third-order valence-corrected chi connectivity index (χ3v) is 8.78. The molecule has 0 aliphatic rings. The van der Waals surface area contributed by atoms with E-state index >= 15 is 0 Å². The Morgan fingerprint density at radius 3 is 0.821 bits per heavy atom. The lowest BCUT2D eigenvalue weighted by atomic mass is 10.0. The van der Waals surface area contributed by atoms with Crippen LogP contribution in [0.2, 0.25) is 0 Å². The molecule has 0 amide bonds. The fourth-order valence-electron chi connectivity index (χ4n) is 5.72. The van der Waals surface area contributed by atoms with Gasteiger partial charge in [-0.1, -0.05) is 200 Å². The van der Waals surface area contributed by atoms with Crippen molar-refractivity contribution in [1.29, 1.82) is 0 Å². The van der Waals surface area contributed by atoms with Crippen LogP contribution in [0.25, 0.3) is 0 Å². The normalized spacial score (nSPS) is 12.8. The summed E-state index contributed by atoms with van der Waals surface area (Å²) in [5, 5.41) is 0. The Hall–Kier alpha value is -0.130. The van der Waals surface area contributed by atoms with Gasteiger partial charge in [-0.2, -0.15) is 8.42 Å². The second-order valence-corrected chi connectivity index (χ2v) is 13.3. The Bertz CT molecular complexity index is 564. The second kappa shape index (κ2) is 30.8. The first-order valence-electron chi connectivity index (χ1n) is 17.6. The zero-order valence-electron chi connectivity index (χ0n) is 26.6. The Kier molecular flexibility index (Phi) is 30.7. The molecule has 0 aliphatic carbocycles. The molecule has 1 atom stereocenters. The summed E-state index contributed by atoms with van der Waals surface area (Å²) < 4.78 is 36.7. The van der Waals surface area contributed by atoms with Gasteiger partial charge in [-0.05, 0) is 12.8 Å². The molecule has 4 nitrogen and oxygen atoms in total. The first-order chi connectivity index (χ1) is 19.0. The van der Waals surface area contributed by atoms with Crippen molar-refractivity contribution in [2.24, 2.45) is 0 Å². The highest BCUT2D eigenvalue weighted by Gasteiger charge is 2.16. The summed E-state index contributed by atoms with van der Waals surface area (Å²) in [4.78, 5) is 0. The molecule has 0 saturated heterocycles. The van der Waals surface area contributed by atoms with Gasteiger partial charge in [0.05, 0.1) is 6.10 Å². The van der Waals surface area contributed by atoms with Gasteiger partial charge in [0, 0.05) is 0 Å². The molecule has 0 aliphatic heterocycles. The van der Waals surface area contributed by atoms with Crippen molar-refractivity contribution in [3.63, 3.8) is 0 Å². The van der Waals surface area contributed by atoms with Crippen molar-refractivity contribution >= 4 is 10.4 Å². The Morgan fingerprint density at radius 2 is 0.615 bits per heavy atom. The molecule has 39 heavy (non-hydrogen) atoms. The smallest absolute Gasteiger partial charge is 0.264 e. The van der Waals surface area contributed by atoms with Crippen LogP contribution in [-0.2, 0) is 14.6 Å². The van der Waals surface area contributed by atoms with Gasteiger partial charge in [0.2, 0.25) is 0 Å². The van der Waals surface area contributed by atoms with Crippen LogP contribution in [0, 0.1) is 0 Å². The molecule has 5 heteroatoms. The van der Waals surface area contributed by atoms with Crippen molar-refractivity contribution < 1.29 is 17.2 Å². The van der Waals surface area contributed by atoms with E-state index in [1.54, 1.807) is 0 Å². The Balaban J connectivity index is 3.61. The zero-order valence-corrected chi connectivity index (χ0v) is 27.4. The predicted octanol–water partition coefficient (Wildman–Crippen LogP) is 12.3. The van der Waals surface area contributed by atoms with Crippen LogP contribution in [0.15, 0.2) is 0 Å². The maximum atomic E-state index is 11.3. The molecule has 0 aromatic rings. The van der Waals surface area contributed by atoms with Crippen molar-refractivity contribution in [2.45, 2.75) is 219 Å². The van der Waals surface area contributed by atoms with Crippen LogP contribution in [0.1, 0.15) is 213 Å². The quantitative estimate of drug-likeness (QED) is 0.0625. The highest BCUT2D eigenvalue weighted by Crippen LogP contribution is 2.19. The monoisotopic (exact) mass is 574 g/mol. The molecule has 0 aromatic carbocycles. The number of hydrogen-bond donors (Lipinski definition) is 1. The molecule has 0 rings (SSSR count). The SMILES string of the molecule is CCCCCCCCCCCCCCCCCC(CCCCCCCCCCCCCCCC)OS(=O)(=O)O. The van der Waals surface area contributed by atoms with Gasteiger partial charge in [-0.25, -0.2) is 4.18 Å². The first kappa shape index (κ1) is 38.9. The lowest BCUT2D eigenvalue weighted by molar-refractivity contribution is 0.157. The maximum absolute atomic E-state index is 11.3. The third kappa shape index (κ3) is 34.0. The fourth-order valence-corrected chi connectivity index (χ4v) is 6.26. The molecule has 0 fully saturated rings. The van der Waals surface area contributed by atoms with Crippen LogP contribution in [0.4, 0.5) is 0 Å². The van der Waals surface area contributed by atoms with E-state index < -0.39 is 10.4 Å². The predicted molar refractivity (Wildman–Crippen MR) is 171 cm³/mol. The van der Waals surface area contributed by atoms with E-state index in [1.807, 2.05) is 0 Å². The lowest BCUT2D eigenvalue weighted by Crippen LogP contribution is -2.18. The van der Waals surface area contributed by atoms with Gasteiger partial charge in [-0.15, -0.1) is 0 Å². The number of unbranched alkanes of at least 4 members (excludes halogenated alkanes) is 27. The summed E-state index contributed by atoms with van der Waals surface area (Å²) >= 11 is 0. The minimum absolute atomic E-state index is 0.362. The average Bonchev–Trinajstić information content (AvgIpc) is 2.90. The van der Waals surface area contributed by atoms with E-state index in [1.165, 1.54) is 161 Å². The molecule has 0 spiro atoms. The molecular weight excluding hydrogens is 504 g/mol. The molecular formula is C34H70O4S. The minimum Gasteiger partial charge on any atom is -0.264 e. The van der Waals surface area contributed by atoms with Crippen molar-refractivity contribution in [2.75, 3.05) is 0 Å². The third-order valence-electron chi connectivity index (χ3n) is 8.27. The Labute approximate surface area is 246 Å². The summed E-state index contributed by atoms with van der Waals surface area (Å²) in [5.41, 5.74) is 0. The molecule has 0 bridgehead atoms. The van der Waals surface area contributed by atoms with Gasteiger partial charge in [0.1, 0.15) is 0 Å². The van der Waals surface area contributed by atoms with Crippen molar-refractivity contribution in [3.8, 4) is 0 Å². The van der Waals surface area contributed by atoms with Crippen molar-refractivity contribution in [1.82, 2.24) is 0 Å². The van der Waals surface area contributed by atoms with Crippen molar-refractivity contribution in [3.05, 3.63) is 0 Å². The summed E-state index contributed by atoms with van der Waals surface area (Å²) in [7, 11) is -4.36.